The normalized spacial score (nSPS) is 10.8. The van der Waals surface area contributed by atoms with Gasteiger partial charge in [0.15, 0.2) is 0 Å². The Labute approximate surface area is 114 Å². The molecule has 1 aromatic rings. The van der Waals surface area contributed by atoms with Gasteiger partial charge in [-0.15, -0.1) is 24.8 Å². The number of hydrogen-bond donors (Lipinski definition) is 2. The van der Waals surface area contributed by atoms with Crippen LogP contribution in [0.4, 0.5) is 0 Å². The molecule has 1 heterocycles. The number of aryl methyl sites for hydroxylation is 1. The Hall–Kier alpha value is -0.840. The summed E-state index contributed by atoms with van der Waals surface area (Å²) in [5.74, 6) is -0.0909. The second-order valence-electron chi connectivity index (χ2n) is 3.77. The van der Waals surface area contributed by atoms with Crippen molar-refractivity contribution in [1.82, 2.24) is 10.3 Å². The van der Waals surface area contributed by atoms with Crippen molar-refractivity contribution >= 4 is 30.7 Å². The van der Waals surface area contributed by atoms with E-state index in [2.05, 4.69) is 10.3 Å². The highest BCUT2D eigenvalue weighted by Gasteiger charge is 2.05. The molecule has 0 aliphatic carbocycles. The summed E-state index contributed by atoms with van der Waals surface area (Å²) in [5.41, 5.74) is 7.16. The average Bonchev–Trinajstić information content (AvgIpc) is 2.17. The van der Waals surface area contributed by atoms with Crippen LogP contribution in [0.3, 0.4) is 0 Å². The van der Waals surface area contributed by atoms with Gasteiger partial charge in [0.2, 0.25) is 0 Å². The first-order chi connectivity index (χ1) is 7.09. The largest absolute Gasteiger partial charge is 0.352 e. The second kappa shape index (κ2) is 9.22. The molecule has 0 aromatic carbocycles. The summed E-state index contributed by atoms with van der Waals surface area (Å²) < 4.78 is 0. The lowest BCUT2D eigenvalue weighted by molar-refractivity contribution is 0.0952. The standard InChI is InChI=1S/C11H17N3O.2ClH/c1-8-5-10(7-13-6-8)11(15)14-4-3-9(2)12;;/h5-7,9H,3-4,12H2,1-2H3,(H,14,15);2*1H. The molecule has 0 radical (unpaired) electrons. The van der Waals surface area contributed by atoms with Gasteiger partial charge in [0.05, 0.1) is 5.56 Å². The van der Waals surface area contributed by atoms with Crippen LogP contribution >= 0.6 is 24.8 Å². The third-order valence-corrected chi connectivity index (χ3v) is 2.02. The van der Waals surface area contributed by atoms with Crippen LogP contribution in [-0.2, 0) is 0 Å². The Balaban J connectivity index is 0. The van der Waals surface area contributed by atoms with Crippen molar-refractivity contribution in [3.63, 3.8) is 0 Å². The molecule has 1 amide bonds. The van der Waals surface area contributed by atoms with Gasteiger partial charge in [-0.05, 0) is 31.9 Å². The number of nitrogens with two attached hydrogens (primary N) is 1. The summed E-state index contributed by atoms with van der Waals surface area (Å²) in [6, 6.07) is 1.93. The van der Waals surface area contributed by atoms with Gasteiger partial charge in [-0.1, -0.05) is 0 Å². The van der Waals surface area contributed by atoms with Crippen molar-refractivity contribution in [3.05, 3.63) is 29.6 Å². The van der Waals surface area contributed by atoms with E-state index in [0.717, 1.165) is 12.0 Å². The highest BCUT2D eigenvalue weighted by Crippen LogP contribution is 2.00. The minimum absolute atomic E-state index is 0. The SMILES string of the molecule is Cc1cncc(C(=O)NCCC(C)N)c1.Cl.Cl. The molecule has 1 rings (SSSR count). The number of nitrogens with zero attached hydrogens (tertiary/aromatic N) is 1. The molecule has 98 valence electrons. The maximum absolute atomic E-state index is 11.6. The summed E-state index contributed by atoms with van der Waals surface area (Å²) in [6.45, 7) is 4.43. The first-order valence-corrected chi connectivity index (χ1v) is 5.05. The van der Waals surface area contributed by atoms with Crippen molar-refractivity contribution < 1.29 is 4.79 Å². The fraction of sp³-hybridized carbons (Fsp3) is 0.455. The lowest BCUT2D eigenvalue weighted by atomic mass is 10.2. The van der Waals surface area contributed by atoms with Gasteiger partial charge in [0.1, 0.15) is 0 Å². The van der Waals surface area contributed by atoms with Crippen molar-refractivity contribution in [3.8, 4) is 0 Å². The molecule has 1 unspecified atom stereocenters. The van der Waals surface area contributed by atoms with E-state index in [-0.39, 0.29) is 36.8 Å². The summed E-state index contributed by atoms with van der Waals surface area (Å²) in [5, 5.41) is 2.80. The number of rotatable bonds is 4. The van der Waals surface area contributed by atoms with Gasteiger partial charge in [-0.25, -0.2) is 0 Å². The Morgan fingerprint density at radius 1 is 1.47 bits per heavy atom. The van der Waals surface area contributed by atoms with Crippen LogP contribution in [0.25, 0.3) is 0 Å². The van der Waals surface area contributed by atoms with Gasteiger partial charge < -0.3 is 11.1 Å². The van der Waals surface area contributed by atoms with Crippen LogP contribution in [0.5, 0.6) is 0 Å². The summed E-state index contributed by atoms with van der Waals surface area (Å²) in [7, 11) is 0. The number of amides is 1. The predicted molar refractivity (Wildman–Crippen MR) is 74.1 cm³/mol. The quantitative estimate of drug-likeness (QED) is 0.882. The zero-order valence-electron chi connectivity index (χ0n) is 9.97. The van der Waals surface area contributed by atoms with E-state index >= 15 is 0 Å². The molecule has 4 nitrogen and oxygen atoms in total. The maximum atomic E-state index is 11.6. The van der Waals surface area contributed by atoms with E-state index in [1.807, 2.05) is 19.9 Å². The highest BCUT2D eigenvalue weighted by molar-refractivity contribution is 5.93. The van der Waals surface area contributed by atoms with Crippen molar-refractivity contribution in [2.24, 2.45) is 5.73 Å². The van der Waals surface area contributed by atoms with E-state index in [0.29, 0.717) is 12.1 Å². The number of aromatic nitrogens is 1. The summed E-state index contributed by atoms with van der Waals surface area (Å²) in [4.78, 5) is 15.5. The first kappa shape index (κ1) is 18.5. The molecule has 0 fully saturated rings. The Bertz CT molecular complexity index is 345. The van der Waals surface area contributed by atoms with Crippen molar-refractivity contribution in [1.29, 1.82) is 0 Å². The topological polar surface area (TPSA) is 68.0 Å². The van der Waals surface area contributed by atoms with Gasteiger partial charge in [0, 0.05) is 25.0 Å². The lowest BCUT2D eigenvalue weighted by Crippen LogP contribution is -2.29. The molecule has 0 aliphatic heterocycles. The molecule has 1 aromatic heterocycles. The number of nitrogens with one attached hydrogen (secondary N) is 1. The predicted octanol–water partition coefficient (Wildman–Crippen LogP) is 1.70. The Kier molecular flexibility index (Phi) is 10.0. The number of hydrogen-bond acceptors (Lipinski definition) is 3. The zero-order valence-corrected chi connectivity index (χ0v) is 11.6. The maximum Gasteiger partial charge on any atom is 0.252 e. The molecule has 1 atom stereocenters. The molecule has 17 heavy (non-hydrogen) atoms. The first-order valence-electron chi connectivity index (χ1n) is 5.05. The molecule has 3 N–H and O–H groups in total. The van der Waals surface area contributed by atoms with Crippen LogP contribution in [0.15, 0.2) is 18.5 Å². The summed E-state index contributed by atoms with van der Waals surface area (Å²) in [6.07, 6.45) is 4.07. The van der Waals surface area contributed by atoms with Crippen LogP contribution < -0.4 is 11.1 Å². The number of halogens is 2. The molecule has 0 bridgehead atoms. The second-order valence-corrected chi connectivity index (χ2v) is 3.77. The molecular weight excluding hydrogens is 261 g/mol. The van der Waals surface area contributed by atoms with E-state index in [1.165, 1.54) is 0 Å². The fourth-order valence-electron chi connectivity index (χ4n) is 1.19. The van der Waals surface area contributed by atoms with Crippen LogP contribution in [0.1, 0.15) is 29.3 Å². The Morgan fingerprint density at radius 2 is 2.12 bits per heavy atom. The molecular formula is C11H19Cl2N3O. The van der Waals surface area contributed by atoms with Gasteiger partial charge >= 0.3 is 0 Å². The zero-order chi connectivity index (χ0) is 11.3. The third-order valence-electron chi connectivity index (χ3n) is 2.02. The lowest BCUT2D eigenvalue weighted by Gasteiger charge is -2.07. The van der Waals surface area contributed by atoms with E-state index in [4.69, 9.17) is 5.73 Å². The van der Waals surface area contributed by atoms with E-state index < -0.39 is 0 Å². The van der Waals surface area contributed by atoms with Crippen molar-refractivity contribution in [2.75, 3.05) is 6.54 Å². The summed E-state index contributed by atoms with van der Waals surface area (Å²) >= 11 is 0. The smallest absolute Gasteiger partial charge is 0.252 e. The fourth-order valence-corrected chi connectivity index (χ4v) is 1.19. The molecule has 0 spiro atoms. The minimum Gasteiger partial charge on any atom is -0.352 e. The monoisotopic (exact) mass is 279 g/mol. The van der Waals surface area contributed by atoms with Crippen molar-refractivity contribution in [2.45, 2.75) is 26.3 Å². The van der Waals surface area contributed by atoms with Gasteiger partial charge in [-0.3, -0.25) is 9.78 Å². The highest BCUT2D eigenvalue weighted by atomic mass is 35.5. The molecule has 6 heteroatoms. The Morgan fingerprint density at radius 3 is 2.65 bits per heavy atom. The average molecular weight is 280 g/mol. The number of carbonyl (C=O) groups excluding carboxylic acids is 1. The van der Waals surface area contributed by atoms with Crippen LogP contribution in [0.2, 0.25) is 0 Å². The molecule has 0 saturated heterocycles. The molecule has 0 saturated carbocycles. The third kappa shape index (κ3) is 7.15. The van der Waals surface area contributed by atoms with Crippen LogP contribution in [0, 0.1) is 6.92 Å². The minimum atomic E-state index is -0.0909. The number of pyridine rings is 1. The number of carbonyl (C=O) groups is 1. The van der Waals surface area contributed by atoms with E-state index in [9.17, 15) is 4.79 Å². The van der Waals surface area contributed by atoms with Crippen LogP contribution in [-0.4, -0.2) is 23.5 Å². The van der Waals surface area contributed by atoms with E-state index in [1.54, 1.807) is 12.4 Å². The van der Waals surface area contributed by atoms with Gasteiger partial charge in [-0.2, -0.15) is 0 Å². The molecule has 0 aliphatic rings. The van der Waals surface area contributed by atoms with Gasteiger partial charge in [0.25, 0.3) is 5.91 Å².